The van der Waals surface area contributed by atoms with Gasteiger partial charge >= 0.3 is 6.09 Å². The molecule has 0 aromatic heterocycles. The average molecular weight is 524 g/mol. The lowest BCUT2D eigenvalue weighted by Crippen LogP contribution is -2.54. The highest BCUT2D eigenvalue weighted by molar-refractivity contribution is 5.99. The van der Waals surface area contributed by atoms with E-state index in [1.54, 1.807) is 32.6 Å². The number of hydrogen-bond acceptors (Lipinski definition) is 4. The Morgan fingerprint density at radius 3 is 2.00 bits per heavy atom. The van der Waals surface area contributed by atoms with Crippen LogP contribution in [-0.2, 0) is 14.3 Å². The molecule has 0 spiro atoms. The third kappa shape index (κ3) is 8.89. The number of rotatable bonds is 10. The number of alkyl carbamates (subject to hydrolysis) is 1. The van der Waals surface area contributed by atoms with Crippen LogP contribution in [0.4, 0.5) is 10.5 Å². The summed E-state index contributed by atoms with van der Waals surface area (Å²) in [6, 6.07) is 13.1. The van der Waals surface area contributed by atoms with Crippen molar-refractivity contribution in [2.75, 3.05) is 5.32 Å². The van der Waals surface area contributed by atoms with Gasteiger partial charge in [0.1, 0.15) is 17.7 Å². The first kappa shape index (κ1) is 30.9. The number of benzene rings is 2. The van der Waals surface area contributed by atoms with Gasteiger partial charge in [-0.15, -0.1) is 0 Å². The van der Waals surface area contributed by atoms with Crippen molar-refractivity contribution in [1.29, 1.82) is 0 Å². The topological polar surface area (TPSA) is 87.7 Å². The SMILES string of the molecule is Cc1ccccc1NC(=O)C(c1ccccc1C)N(C(=O)C(C)NC(=O)OC(C)(C)C)C(C)CCC(C)C. The molecule has 3 atom stereocenters. The van der Waals surface area contributed by atoms with E-state index < -0.39 is 23.8 Å². The number of hydrogen-bond donors (Lipinski definition) is 2. The van der Waals surface area contributed by atoms with Gasteiger partial charge in [0.25, 0.3) is 5.91 Å². The van der Waals surface area contributed by atoms with Gasteiger partial charge < -0.3 is 20.3 Å². The molecule has 0 heterocycles. The van der Waals surface area contributed by atoms with Gasteiger partial charge in [-0.2, -0.15) is 0 Å². The highest BCUT2D eigenvalue weighted by Crippen LogP contribution is 2.31. The number of para-hydroxylation sites is 1. The fourth-order valence-electron chi connectivity index (χ4n) is 4.31. The van der Waals surface area contributed by atoms with Crippen molar-refractivity contribution >= 4 is 23.6 Å². The second-order valence-corrected chi connectivity index (χ2v) is 11.5. The maximum atomic E-state index is 14.1. The van der Waals surface area contributed by atoms with Gasteiger partial charge in [0, 0.05) is 11.7 Å². The summed E-state index contributed by atoms with van der Waals surface area (Å²) >= 11 is 0. The lowest BCUT2D eigenvalue weighted by atomic mass is 9.94. The molecule has 0 bridgehead atoms. The molecule has 2 rings (SSSR count). The van der Waals surface area contributed by atoms with Crippen LogP contribution in [0.5, 0.6) is 0 Å². The number of amides is 3. The first-order chi connectivity index (χ1) is 17.7. The largest absolute Gasteiger partial charge is 0.444 e. The van der Waals surface area contributed by atoms with E-state index in [1.165, 1.54) is 0 Å². The Hall–Kier alpha value is -3.35. The Labute approximate surface area is 228 Å². The molecule has 0 aliphatic carbocycles. The summed E-state index contributed by atoms with van der Waals surface area (Å²) in [6.07, 6.45) is 0.923. The molecule has 3 unspecified atom stereocenters. The van der Waals surface area contributed by atoms with E-state index in [0.29, 0.717) is 18.0 Å². The number of anilines is 1. The van der Waals surface area contributed by atoms with Crippen LogP contribution < -0.4 is 10.6 Å². The van der Waals surface area contributed by atoms with Gasteiger partial charge in [-0.3, -0.25) is 9.59 Å². The van der Waals surface area contributed by atoms with Gasteiger partial charge in [-0.05, 0) is 90.0 Å². The highest BCUT2D eigenvalue weighted by atomic mass is 16.6. The van der Waals surface area contributed by atoms with Crippen molar-refractivity contribution in [2.24, 2.45) is 5.92 Å². The predicted molar refractivity (Wildman–Crippen MR) is 153 cm³/mol. The van der Waals surface area contributed by atoms with E-state index >= 15 is 0 Å². The molecule has 3 amide bonds. The smallest absolute Gasteiger partial charge is 0.408 e. The zero-order valence-corrected chi connectivity index (χ0v) is 24.4. The van der Waals surface area contributed by atoms with Crippen molar-refractivity contribution in [3.8, 4) is 0 Å². The van der Waals surface area contributed by atoms with Crippen LogP contribution in [0.25, 0.3) is 0 Å². The minimum atomic E-state index is -0.899. The van der Waals surface area contributed by atoms with E-state index in [4.69, 9.17) is 4.74 Å². The maximum absolute atomic E-state index is 14.1. The number of carbonyl (C=O) groups is 3. The van der Waals surface area contributed by atoms with Gasteiger partial charge in [0.2, 0.25) is 5.91 Å². The molecule has 38 heavy (non-hydrogen) atoms. The molecule has 0 fully saturated rings. The first-order valence-electron chi connectivity index (χ1n) is 13.4. The average Bonchev–Trinajstić information content (AvgIpc) is 2.81. The Bertz CT molecular complexity index is 1110. The number of nitrogens with zero attached hydrogens (tertiary/aromatic N) is 1. The predicted octanol–water partition coefficient (Wildman–Crippen LogP) is 6.55. The molecule has 7 nitrogen and oxygen atoms in total. The number of nitrogens with one attached hydrogen (secondary N) is 2. The first-order valence-corrected chi connectivity index (χ1v) is 13.4. The van der Waals surface area contributed by atoms with E-state index in [1.807, 2.05) is 69.3 Å². The van der Waals surface area contributed by atoms with Crippen LogP contribution in [0, 0.1) is 19.8 Å². The summed E-state index contributed by atoms with van der Waals surface area (Å²) in [5.74, 6) is -0.215. The Kier molecular flexibility index (Phi) is 10.9. The van der Waals surface area contributed by atoms with Crippen molar-refractivity contribution in [3.05, 3.63) is 65.2 Å². The molecule has 0 saturated heterocycles. The molecule has 208 valence electrons. The number of aryl methyl sites for hydroxylation is 2. The van der Waals surface area contributed by atoms with Gasteiger partial charge in [-0.1, -0.05) is 56.3 Å². The molecule has 7 heteroatoms. The van der Waals surface area contributed by atoms with Crippen molar-refractivity contribution in [1.82, 2.24) is 10.2 Å². The fraction of sp³-hybridized carbons (Fsp3) is 0.516. The van der Waals surface area contributed by atoms with Crippen molar-refractivity contribution in [3.63, 3.8) is 0 Å². The Balaban J connectivity index is 2.54. The van der Waals surface area contributed by atoms with Gasteiger partial charge in [0.05, 0.1) is 0 Å². The second-order valence-electron chi connectivity index (χ2n) is 11.5. The van der Waals surface area contributed by atoms with Crippen molar-refractivity contribution in [2.45, 2.75) is 98.9 Å². The third-order valence-electron chi connectivity index (χ3n) is 6.41. The molecule has 0 aliphatic heterocycles. The standard InChI is InChI=1S/C31H45N3O4/c1-20(2)18-19-23(5)34(29(36)24(6)32-30(37)38-31(7,8)9)27(25-16-12-10-14-21(25)3)28(35)33-26-17-13-11-15-22(26)4/h10-17,20,23-24,27H,18-19H2,1-9H3,(H,32,37)(H,33,35). The quantitative estimate of drug-likeness (QED) is 0.370. The van der Waals surface area contributed by atoms with Crippen LogP contribution >= 0.6 is 0 Å². The van der Waals surface area contributed by atoms with Crippen LogP contribution in [0.15, 0.2) is 48.5 Å². The molecule has 0 aliphatic rings. The minimum absolute atomic E-state index is 0.264. The van der Waals surface area contributed by atoms with E-state index in [0.717, 1.165) is 23.1 Å². The number of ether oxygens (including phenoxy) is 1. The minimum Gasteiger partial charge on any atom is -0.444 e. The lowest BCUT2D eigenvalue weighted by molar-refractivity contribution is -0.143. The zero-order valence-electron chi connectivity index (χ0n) is 24.4. The lowest BCUT2D eigenvalue weighted by Gasteiger charge is -2.38. The van der Waals surface area contributed by atoms with Crippen LogP contribution in [0.2, 0.25) is 0 Å². The molecule has 0 radical (unpaired) electrons. The third-order valence-corrected chi connectivity index (χ3v) is 6.41. The molecule has 2 aromatic rings. The molecule has 2 aromatic carbocycles. The molecular formula is C31H45N3O4. The Morgan fingerprint density at radius 1 is 0.868 bits per heavy atom. The normalized spacial score (nSPS) is 13.8. The summed E-state index contributed by atoms with van der Waals surface area (Å²) in [6.45, 7) is 17.0. The maximum Gasteiger partial charge on any atom is 0.408 e. The van der Waals surface area contributed by atoms with E-state index in [9.17, 15) is 14.4 Å². The summed E-state index contributed by atoms with van der Waals surface area (Å²) in [4.78, 5) is 42.2. The monoisotopic (exact) mass is 523 g/mol. The Morgan fingerprint density at radius 2 is 1.45 bits per heavy atom. The zero-order chi connectivity index (χ0) is 28.6. The summed E-state index contributed by atoms with van der Waals surface area (Å²) in [5.41, 5.74) is 2.56. The van der Waals surface area contributed by atoms with Gasteiger partial charge in [0.15, 0.2) is 0 Å². The summed E-state index contributed by atoms with van der Waals surface area (Å²) in [7, 11) is 0. The second kappa shape index (κ2) is 13.4. The van der Waals surface area contributed by atoms with Crippen molar-refractivity contribution < 1.29 is 19.1 Å². The van der Waals surface area contributed by atoms with Crippen LogP contribution in [0.3, 0.4) is 0 Å². The van der Waals surface area contributed by atoms with E-state index in [2.05, 4.69) is 24.5 Å². The van der Waals surface area contributed by atoms with Crippen LogP contribution in [0.1, 0.15) is 84.0 Å². The van der Waals surface area contributed by atoms with E-state index in [-0.39, 0.29) is 17.9 Å². The van der Waals surface area contributed by atoms with Gasteiger partial charge in [-0.25, -0.2) is 4.79 Å². The number of carbonyl (C=O) groups excluding carboxylic acids is 3. The highest BCUT2D eigenvalue weighted by Gasteiger charge is 2.38. The fourth-order valence-corrected chi connectivity index (χ4v) is 4.31. The molecular weight excluding hydrogens is 478 g/mol. The molecule has 2 N–H and O–H groups in total. The van der Waals surface area contributed by atoms with Crippen LogP contribution in [-0.4, -0.2) is 40.5 Å². The molecule has 0 saturated carbocycles. The summed E-state index contributed by atoms with van der Waals surface area (Å²) in [5, 5.41) is 5.73. The summed E-state index contributed by atoms with van der Waals surface area (Å²) < 4.78 is 5.38.